The van der Waals surface area contributed by atoms with Crippen molar-refractivity contribution in [2.45, 2.75) is 0 Å². The SMILES string of the molecule is C#Cc1cccc(C#CCN)c1. The van der Waals surface area contributed by atoms with Crippen molar-refractivity contribution in [3.63, 3.8) is 0 Å². The summed E-state index contributed by atoms with van der Waals surface area (Å²) >= 11 is 0. The van der Waals surface area contributed by atoms with Gasteiger partial charge in [-0.25, -0.2) is 0 Å². The first-order valence-electron chi connectivity index (χ1n) is 3.62. The van der Waals surface area contributed by atoms with Gasteiger partial charge in [-0.1, -0.05) is 23.8 Å². The molecule has 0 aromatic heterocycles. The molecule has 0 saturated carbocycles. The fourth-order valence-electron chi connectivity index (χ4n) is 0.840. The van der Waals surface area contributed by atoms with Crippen LogP contribution in [0.2, 0.25) is 0 Å². The Morgan fingerprint density at radius 3 is 2.75 bits per heavy atom. The van der Waals surface area contributed by atoms with E-state index in [2.05, 4.69) is 17.8 Å². The van der Waals surface area contributed by atoms with Gasteiger partial charge in [-0.3, -0.25) is 0 Å². The Bertz CT molecular complexity index is 361. The third-order valence-electron chi connectivity index (χ3n) is 1.36. The van der Waals surface area contributed by atoms with Gasteiger partial charge in [0.1, 0.15) is 0 Å². The number of hydrogen-bond acceptors (Lipinski definition) is 1. The lowest BCUT2D eigenvalue weighted by Gasteiger charge is -1.90. The number of rotatable bonds is 0. The first kappa shape index (κ1) is 8.40. The summed E-state index contributed by atoms with van der Waals surface area (Å²) in [7, 11) is 0. The van der Waals surface area contributed by atoms with Crippen molar-refractivity contribution in [3.8, 4) is 24.2 Å². The number of hydrogen-bond donors (Lipinski definition) is 1. The molecule has 0 atom stereocenters. The van der Waals surface area contributed by atoms with Gasteiger partial charge in [0.25, 0.3) is 0 Å². The fraction of sp³-hybridized carbons (Fsp3) is 0.0909. The van der Waals surface area contributed by atoms with E-state index in [1.165, 1.54) is 0 Å². The summed E-state index contributed by atoms with van der Waals surface area (Å²) in [6.07, 6.45) is 5.22. The largest absolute Gasteiger partial charge is 0.320 e. The summed E-state index contributed by atoms with van der Waals surface area (Å²) in [6, 6.07) is 7.52. The molecule has 0 fully saturated rings. The van der Waals surface area contributed by atoms with Crippen LogP contribution in [-0.2, 0) is 0 Å². The van der Waals surface area contributed by atoms with Crippen LogP contribution in [0.5, 0.6) is 0 Å². The molecule has 12 heavy (non-hydrogen) atoms. The smallest absolute Gasteiger partial charge is 0.0555 e. The first-order valence-corrected chi connectivity index (χ1v) is 3.62. The molecule has 0 aliphatic rings. The third kappa shape index (κ3) is 2.16. The van der Waals surface area contributed by atoms with Gasteiger partial charge in [0.2, 0.25) is 0 Å². The molecule has 0 amide bonds. The molecular formula is C11H9N. The Balaban J connectivity index is 2.96. The molecule has 58 valence electrons. The molecular weight excluding hydrogens is 146 g/mol. The maximum atomic E-state index is 5.23. The second-order valence-electron chi connectivity index (χ2n) is 2.23. The van der Waals surface area contributed by atoms with Gasteiger partial charge in [0.05, 0.1) is 6.54 Å². The molecule has 0 saturated heterocycles. The van der Waals surface area contributed by atoms with Crippen LogP contribution in [0, 0.1) is 24.2 Å². The van der Waals surface area contributed by atoms with E-state index >= 15 is 0 Å². The quantitative estimate of drug-likeness (QED) is 0.555. The van der Waals surface area contributed by atoms with Crippen LogP contribution in [0.25, 0.3) is 0 Å². The van der Waals surface area contributed by atoms with Gasteiger partial charge in [-0.05, 0) is 18.2 Å². The maximum absolute atomic E-state index is 5.23. The lowest BCUT2D eigenvalue weighted by molar-refractivity contribution is 1.30. The van der Waals surface area contributed by atoms with Crippen LogP contribution in [0.4, 0.5) is 0 Å². The zero-order chi connectivity index (χ0) is 8.81. The Morgan fingerprint density at radius 2 is 2.08 bits per heavy atom. The summed E-state index contributed by atoms with van der Waals surface area (Å²) in [6.45, 7) is 0.375. The first-order chi connectivity index (χ1) is 5.86. The van der Waals surface area contributed by atoms with Crippen LogP contribution in [0.15, 0.2) is 24.3 Å². The molecule has 1 rings (SSSR count). The lowest BCUT2D eigenvalue weighted by atomic mass is 10.1. The highest BCUT2D eigenvalue weighted by Gasteiger charge is 1.87. The van der Waals surface area contributed by atoms with Crippen LogP contribution in [0.3, 0.4) is 0 Å². The lowest BCUT2D eigenvalue weighted by Crippen LogP contribution is -1.93. The Labute approximate surface area is 72.6 Å². The van der Waals surface area contributed by atoms with Crippen LogP contribution < -0.4 is 5.73 Å². The van der Waals surface area contributed by atoms with E-state index < -0.39 is 0 Å². The van der Waals surface area contributed by atoms with E-state index in [1.807, 2.05) is 24.3 Å². The number of terminal acetylenes is 1. The summed E-state index contributed by atoms with van der Waals surface area (Å²) < 4.78 is 0. The Hall–Kier alpha value is -1.70. The van der Waals surface area contributed by atoms with Gasteiger partial charge in [-0.2, -0.15) is 0 Å². The van der Waals surface area contributed by atoms with Crippen molar-refractivity contribution >= 4 is 0 Å². The third-order valence-corrected chi connectivity index (χ3v) is 1.36. The van der Waals surface area contributed by atoms with Crippen molar-refractivity contribution in [2.75, 3.05) is 6.54 Å². The fourth-order valence-corrected chi connectivity index (χ4v) is 0.840. The molecule has 1 aromatic carbocycles. The second-order valence-corrected chi connectivity index (χ2v) is 2.23. The summed E-state index contributed by atoms with van der Waals surface area (Å²) in [4.78, 5) is 0. The van der Waals surface area contributed by atoms with E-state index in [1.54, 1.807) is 0 Å². The predicted molar refractivity (Wildman–Crippen MR) is 50.3 cm³/mol. The predicted octanol–water partition coefficient (Wildman–Crippen LogP) is 0.978. The van der Waals surface area contributed by atoms with Gasteiger partial charge >= 0.3 is 0 Å². The molecule has 0 heterocycles. The molecule has 1 aromatic rings. The van der Waals surface area contributed by atoms with Gasteiger partial charge in [-0.15, -0.1) is 6.42 Å². The molecule has 0 aliphatic carbocycles. The highest BCUT2D eigenvalue weighted by molar-refractivity contribution is 5.42. The number of benzene rings is 1. The zero-order valence-corrected chi connectivity index (χ0v) is 6.67. The molecule has 1 heteroatoms. The highest BCUT2D eigenvalue weighted by atomic mass is 14.5. The topological polar surface area (TPSA) is 26.0 Å². The van der Waals surface area contributed by atoms with Gasteiger partial charge < -0.3 is 5.73 Å². The summed E-state index contributed by atoms with van der Waals surface area (Å²) in [5, 5.41) is 0. The molecule has 1 nitrogen and oxygen atoms in total. The van der Waals surface area contributed by atoms with Crippen molar-refractivity contribution < 1.29 is 0 Å². The number of nitrogens with two attached hydrogens (primary N) is 1. The van der Waals surface area contributed by atoms with Crippen LogP contribution >= 0.6 is 0 Å². The monoisotopic (exact) mass is 155 g/mol. The Morgan fingerprint density at radius 1 is 1.33 bits per heavy atom. The standard InChI is InChI=1S/C11H9N/c1-2-10-5-3-6-11(9-10)7-4-8-12/h1,3,5-6,9H,8,12H2. The van der Waals surface area contributed by atoms with Crippen molar-refractivity contribution in [3.05, 3.63) is 35.4 Å². The van der Waals surface area contributed by atoms with Gasteiger partial charge in [0, 0.05) is 11.1 Å². The van der Waals surface area contributed by atoms with Crippen molar-refractivity contribution in [2.24, 2.45) is 5.73 Å². The van der Waals surface area contributed by atoms with E-state index in [0.29, 0.717) is 6.54 Å². The molecule has 0 radical (unpaired) electrons. The molecule has 2 N–H and O–H groups in total. The normalized spacial score (nSPS) is 8.00. The van der Waals surface area contributed by atoms with Crippen LogP contribution in [0.1, 0.15) is 11.1 Å². The average molecular weight is 155 g/mol. The van der Waals surface area contributed by atoms with Crippen LogP contribution in [-0.4, -0.2) is 6.54 Å². The summed E-state index contributed by atoms with van der Waals surface area (Å²) in [5.74, 6) is 8.22. The van der Waals surface area contributed by atoms with E-state index in [-0.39, 0.29) is 0 Å². The minimum absolute atomic E-state index is 0.375. The van der Waals surface area contributed by atoms with E-state index in [9.17, 15) is 0 Å². The molecule has 0 spiro atoms. The highest BCUT2D eigenvalue weighted by Crippen LogP contribution is 2.01. The van der Waals surface area contributed by atoms with Gasteiger partial charge in [0.15, 0.2) is 0 Å². The minimum atomic E-state index is 0.375. The van der Waals surface area contributed by atoms with Crippen molar-refractivity contribution in [1.29, 1.82) is 0 Å². The maximum Gasteiger partial charge on any atom is 0.0555 e. The summed E-state index contributed by atoms with van der Waals surface area (Å²) in [5.41, 5.74) is 6.99. The molecule has 0 bridgehead atoms. The Kier molecular flexibility index (Phi) is 2.96. The van der Waals surface area contributed by atoms with Crippen molar-refractivity contribution in [1.82, 2.24) is 0 Å². The molecule has 0 unspecified atom stereocenters. The average Bonchev–Trinajstić information content (AvgIpc) is 2.15. The second kappa shape index (κ2) is 4.23. The molecule has 0 aliphatic heterocycles. The zero-order valence-electron chi connectivity index (χ0n) is 6.67. The minimum Gasteiger partial charge on any atom is -0.320 e. The van der Waals surface area contributed by atoms with E-state index in [4.69, 9.17) is 12.2 Å². The van der Waals surface area contributed by atoms with E-state index in [0.717, 1.165) is 11.1 Å².